The lowest BCUT2D eigenvalue weighted by molar-refractivity contribution is 0.0282. The first-order valence-electron chi connectivity index (χ1n) is 6.22. The van der Waals surface area contributed by atoms with Crippen LogP contribution in [0.2, 0.25) is 0 Å². The van der Waals surface area contributed by atoms with Crippen molar-refractivity contribution in [2.45, 2.75) is 13.8 Å². The smallest absolute Gasteiger partial charge is 0.120 e. The van der Waals surface area contributed by atoms with Gasteiger partial charge in [0.15, 0.2) is 0 Å². The maximum absolute atomic E-state index is 5.54. The van der Waals surface area contributed by atoms with Gasteiger partial charge in [0.05, 0.1) is 19.8 Å². The molecule has 0 radical (unpaired) electrons. The van der Waals surface area contributed by atoms with Gasteiger partial charge in [-0.1, -0.05) is 35.8 Å². The number of halogens is 1. The van der Waals surface area contributed by atoms with Crippen LogP contribution in [0.3, 0.4) is 0 Å². The fraction of sp³-hybridized carbons (Fsp3) is 0.571. The second-order valence-corrected chi connectivity index (χ2v) is 5.30. The molecule has 0 heterocycles. The van der Waals surface area contributed by atoms with Gasteiger partial charge < -0.3 is 14.2 Å². The largest absolute Gasteiger partial charge is 0.491 e. The summed E-state index contributed by atoms with van der Waals surface area (Å²) in [6, 6.07) is 7.78. The second-order valence-electron chi connectivity index (χ2n) is 4.39. The predicted octanol–water partition coefficient (Wildman–Crippen LogP) is 3.52. The molecule has 1 rings (SSSR count). The summed E-state index contributed by atoms with van der Waals surface area (Å²) < 4.78 is 17.4. The Hall–Kier alpha value is -0.580. The van der Waals surface area contributed by atoms with Gasteiger partial charge in [-0.25, -0.2) is 0 Å². The number of hydrogen-bond acceptors (Lipinski definition) is 3. The Morgan fingerprint density at radius 3 is 2.50 bits per heavy atom. The molecule has 0 N–H and O–H groups in total. The van der Waals surface area contributed by atoms with Crippen molar-refractivity contribution in [1.29, 1.82) is 0 Å². The summed E-state index contributed by atoms with van der Waals surface area (Å²) >= 11 is 3.40. The predicted molar refractivity (Wildman–Crippen MR) is 76.1 cm³/mol. The average molecular weight is 317 g/mol. The number of hydrogen-bond donors (Lipinski definition) is 0. The van der Waals surface area contributed by atoms with Gasteiger partial charge in [-0.15, -0.1) is 0 Å². The van der Waals surface area contributed by atoms with Gasteiger partial charge in [0.25, 0.3) is 0 Å². The minimum Gasteiger partial charge on any atom is -0.491 e. The maximum Gasteiger partial charge on any atom is 0.120 e. The van der Waals surface area contributed by atoms with Crippen LogP contribution in [0.15, 0.2) is 28.7 Å². The van der Waals surface area contributed by atoms with Gasteiger partial charge in [0.1, 0.15) is 12.4 Å². The minimum atomic E-state index is 0.556. The molecule has 18 heavy (non-hydrogen) atoms. The van der Waals surface area contributed by atoms with E-state index in [-0.39, 0.29) is 0 Å². The van der Waals surface area contributed by atoms with Crippen molar-refractivity contribution < 1.29 is 14.2 Å². The zero-order valence-electron chi connectivity index (χ0n) is 11.0. The van der Waals surface area contributed by atoms with E-state index in [0.29, 0.717) is 32.3 Å². The first-order valence-corrected chi connectivity index (χ1v) is 7.01. The molecule has 0 amide bonds. The molecule has 0 saturated carbocycles. The topological polar surface area (TPSA) is 27.7 Å². The third-order valence-electron chi connectivity index (χ3n) is 2.12. The summed E-state index contributed by atoms with van der Waals surface area (Å²) in [5, 5.41) is 0. The highest BCUT2D eigenvalue weighted by Crippen LogP contribution is 2.17. The van der Waals surface area contributed by atoms with Gasteiger partial charge in [-0.3, -0.25) is 0 Å². The van der Waals surface area contributed by atoms with Crippen LogP contribution in [-0.4, -0.2) is 33.0 Å². The van der Waals surface area contributed by atoms with Gasteiger partial charge in [-0.2, -0.15) is 0 Å². The molecule has 0 atom stereocenters. The van der Waals surface area contributed by atoms with Crippen LogP contribution in [0.4, 0.5) is 0 Å². The van der Waals surface area contributed by atoms with Crippen molar-refractivity contribution in [3.8, 4) is 5.75 Å². The SMILES string of the molecule is CC(C)COCCOCCOc1cccc(Br)c1. The normalized spacial score (nSPS) is 10.9. The van der Waals surface area contributed by atoms with Crippen LogP contribution in [-0.2, 0) is 9.47 Å². The van der Waals surface area contributed by atoms with E-state index in [1.807, 2.05) is 24.3 Å². The van der Waals surface area contributed by atoms with Crippen molar-refractivity contribution >= 4 is 15.9 Å². The number of ether oxygens (including phenoxy) is 3. The van der Waals surface area contributed by atoms with E-state index >= 15 is 0 Å². The van der Waals surface area contributed by atoms with E-state index in [0.717, 1.165) is 16.8 Å². The lowest BCUT2D eigenvalue weighted by Crippen LogP contribution is -2.12. The standard InChI is InChI=1S/C14H21BrO3/c1-12(2)11-17-7-6-16-8-9-18-14-5-3-4-13(15)10-14/h3-5,10,12H,6-9,11H2,1-2H3. The quantitative estimate of drug-likeness (QED) is 0.652. The molecule has 1 aromatic carbocycles. The van der Waals surface area contributed by atoms with Crippen LogP contribution >= 0.6 is 15.9 Å². The van der Waals surface area contributed by atoms with E-state index in [1.54, 1.807) is 0 Å². The van der Waals surface area contributed by atoms with Gasteiger partial charge in [0.2, 0.25) is 0 Å². The first kappa shape index (κ1) is 15.5. The highest BCUT2D eigenvalue weighted by atomic mass is 79.9. The second kappa shape index (κ2) is 9.36. The highest BCUT2D eigenvalue weighted by Gasteiger charge is 1.96. The lowest BCUT2D eigenvalue weighted by atomic mass is 10.2. The maximum atomic E-state index is 5.54. The molecule has 0 aliphatic heterocycles. The van der Waals surface area contributed by atoms with Gasteiger partial charge in [0, 0.05) is 11.1 Å². The van der Waals surface area contributed by atoms with Crippen molar-refractivity contribution in [2.24, 2.45) is 5.92 Å². The Morgan fingerprint density at radius 2 is 1.78 bits per heavy atom. The first-order chi connectivity index (χ1) is 8.68. The molecule has 0 aromatic heterocycles. The van der Waals surface area contributed by atoms with Gasteiger partial charge in [-0.05, 0) is 24.1 Å². The third-order valence-corrected chi connectivity index (χ3v) is 2.61. The molecule has 0 unspecified atom stereocenters. The molecular formula is C14H21BrO3. The lowest BCUT2D eigenvalue weighted by Gasteiger charge is -2.09. The molecule has 4 heteroatoms. The monoisotopic (exact) mass is 316 g/mol. The van der Waals surface area contributed by atoms with E-state index in [1.165, 1.54) is 0 Å². The van der Waals surface area contributed by atoms with Crippen molar-refractivity contribution in [1.82, 2.24) is 0 Å². The van der Waals surface area contributed by atoms with E-state index in [2.05, 4.69) is 29.8 Å². The molecule has 0 bridgehead atoms. The Morgan fingerprint density at radius 1 is 1.06 bits per heavy atom. The van der Waals surface area contributed by atoms with E-state index in [4.69, 9.17) is 14.2 Å². The van der Waals surface area contributed by atoms with E-state index < -0.39 is 0 Å². The summed E-state index contributed by atoms with van der Waals surface area (Å²) in [6.07, 6.45) is 0. The average Bonchev–Trinajstić information content (AvgIpc) is 2.32. The molecule has 0 fully saturated rings. The van der Waals surface area contributed by atoms with Crippen LogP contribution in [0, 0.1) is 5.92 Å². The van der Waals surface area contributed by atoms with Crippen LogP contribution in [0.1, 0.15) is 13.8 Å². The molecule has 0 spiro atoms. The molecule has 102 valence electrons. The van der Waals surface area contributed by atoms with Crippen LogP contribution in [0.5, 0.6) is 5.75 Å². The van der Waals surface area contributed by atoms with Crippen molar-refractivity contribution in [2.75, 3.05) is 33.0 Å². The van der Waals surface area contributed by atoms with E-state index in [9.17, 15) is 0 Å². The molecular weight excluding hydrogens is 296 g/mol. The summed E-state index contributed by atoms with van der Waals surface area (Å²) in [4.78, 5) is 0. The zero-order chi connectivity index (χ0) is 13.2. The summed E-state index contributed by atoms with van der Waals surface area (Å²) in [5.74, 6) is 1.42. The Kier molecular flexibility index (Phi) is 8.05. The fourth-order valence-electron chi connectivity index (χ4n) is 1.31. The third kappa shape index (κ3) is 7.69. The Labute approximate surface area is 118 Å². The Bertz CT molecular complexity index is 329. The van der Waals surface area contributed by atoms with Gasteiger partial charge >= 0.3 is 0 Å². The van der Waals surface area contributed by atoms with Crippen LogP contribution < -0.4 is 4.74 Å². The summed E-state index contributed by atoms with van der Waals surface area (Å²) in [5.41, 5.74) is 0. The molecule has 0 aliphatic rings. The molecule has 1 aromatic rings. The zero-order valence-corrected chi connectivity index (χ0v) is 12.6. The number of benzene rings is 1. The van der Waals surface area contributed by atoms with Crippen LogP contribution in [0.25, 0.3) is 0 Å². The molecule has 0 aliphatic carbocycles. The molecule has 0 saturated heterocycles. The summed E-state index contributed by atoms with van der Waals surface area (Å²) in [7, 11) is 0. The number of rotatable bonds is 9. The molecule has 3 nitrogen and oxygen atoms in total. The highest BCUT2D eigenvalue weighted by molar-refractivity contribution is 9.10. The van der Waals surface area contributed by atoms with Crippen molar-refractivity contribution in [3.63, 3.8) is 0 Å². The fourth-order valence-corrected chi connectivity index (χ4v) is 1.69. The Balaban J connectivity index is 1.96. The summed E-state index contributed by atoms with van der Waals surface area (Å²) in [6.45, 7) is 7.46. The minimum absolute atomic E-state index is 0.556. The van der Waals surface area contributed by atoms with Crippen molar-refractivity contribution in [3.05, 3.63) is 28.7 Å².